The van der Waals surface area contributed by atoms with Gasteiger partial charge in [0.1, 0.15) is 0 Å². The second-order valence-corrected chi connectivity index (χ2v) is 8.03. The van der Waals surface area contributed by atoms with Gasteiger partial charge < -0.3 is 20.1 Å². The van der Waals surface area contributed by atoms with Gasteiger partial charge in [0.2, 0.25) is 0 Å². The number of likely N-dealkylation sites (N-methyl/N-ethyl adjacent to an activating group) is 1. The van der Waals surface area contributed by atoms with Gasteiger partial charge in [-0.2, -0.15) is 0 Å². The highest BCUT2D eigenvalue weighted by molar-refractivity contribution is 5.75. The minimum absolute atomic E-state index is 0.00150. The molecule has 7 heteroatoms. The van der Waals surface area contributed by atoms with Crippen LogP contribution in [0.4, 0.5) is 4.79 Å². The predicted octanol–water partition coefficient (Wildman–Crippen LogP) is 2.17. The lowest BCUT2D eigenvalue weighted by Gasteiger charge is -2.39. The summed E-state index contributed by atoms with van der Waals surface area (Å²) in [5.41, 5.74) is 0.997. The van der Waals surface area contributed by atoms with Crippen molar-refractivity contribution in [3.8, 4) is 0 Å². The molecule has 0 bridgehead atoms. The molecule has 2 rings (SSSR count). The zero-order valence-corrected chi connectivity index (χ0v) is 17.4. The maximum atomic E-state index is 12.9. The Kier molecular flexibility index (Phi) is 7.83. The van der Waals surface area contributed by atoms with Gasteiger partial charge in [0.25, 0.3) is 0 Å². The molecule has 28 heavy (non-hydrogen) atoms. The lowest BCUT2D eigenvalue weighted by Crippen LogP contribution is -2.56. The Labute approximate surface area is 167 Å². The lowest BCUT2D eigenvalue weighted by molar-refractivity contribution is -0.138. The average Bonchev–Trinajstić information content (AvgIpc) is 2.66. The molecule has 156 valence electrons. The third kappa shape index (κ3) is 5.94. The Morgan fingerprint density at radius 3 is 2.64 bits per heavy atom. The van der Waals surface area contributed by atoms with E-state index in [1.807, 2.05) is 18.2 Å². The Hall–Kier alpha value is -2.12. The Morgan fingerprint density at radius 1 is 1.36 bits per heavy atom. The number of ether oxygens (including phenoxy) is 1. The Bertz CT molecular complexity index is 650. The molecule has 1 saturated heterocycles. The largest absolute Gasteiger partial charge is 0.480 e. The number of carbonyl (C=O) groups is 2. The average molecular weight is 392 g/mol. The van der Waals surface area contributed by atoms with Crippen LogP contribution in [0, 0.1) is 0 Å². The van der Waals surface area contributed by atoms with Crippen molar-refractivity contribution in [1.82, 2.24) is 15.1 Å². The topological polar surface area (TPSA) is 82.1 Å². The zero-order chi connectivity index (χ0) is 20.7. The molecule has 0 aromatic heterocycles. The number of hydrogen-bond acceptors (Lipinski definition) is 4. The second-order valence-electron chi connectivity index (χ2n) is 8.03. The van der Waals surface area contributed by atoms with Crippen LogP contribution in [0.15, 0.2) is 30.3 Å². The van der Waals surface area contributed by atoms with Gasteiger partial charge in [0, 0.05) is 31.1 Å². The van der Waals surface area contributed by atoms with Gasteiger partial charge in [0.15, 0.2) is 0 Å². The van der Waals surface area contributed by atoms with Crippen molar-refractivity contribution in [2.75, 3.05) is 39.8 Å². The van der Waals surface area contributed by atoms with Crippen molar-refractivity contribution in [1.29, 1.82) is 0 Å². The summed E-state index contributed by atoms with van der Waals surface area (Å²) in [7, 11) is 1.74. The number of aliphatic carboxylic acids is 1. The molecule has 2 unspecified atom stereocenters. The van der Waals surface area contributed by atoms with Crippen LogP contribution in [-0.4, -0.2) is 78.9 Å². The summed E-state index contributed by atoms with van der Waals surface area (Å²) in [6.45, 7) is 8.26. The summed E-state index contributed by atoms with van der Waals surface area (Å²) in [6.07, 6.45) is 0.633. The third-order valence-electron chi connectivity index (χ3n) is 5.44. The number of benzene rings is 1. The summed E-state index contributed by atoms with van der Waals surface area (Å²) >= 11 is 0. The fourth-order valence-corrected chi connectivity index (χ4v) is 3.76. The molecule has 1 heterocycles. The minimum Gasteiger partial charge on any atom is -0.480 e. The minimum atomic E-state index is -0.873. The Balaban J connectivity index is 1.97. The first-order chi connectivity index (χ1) is 13.2. The van der Waals surface area contributed by atoms with Crippen molar-refractivity contribution in [2.24, 2.45) is 0 Å². The first kappa shape index (κ1) is 22.2. The van der Waals surface area contributed by atoms with Crippen LogP contribution in [0.3, 0.4) is 0 Å². The highest BCUT2D eigenvalue weighted by atomic mass is 16.5. The molecule has 1 aliphatic rings. The number of carbonyl (C=O) groups excluding carboxylic acids is 1. The quantitative estimate of drug-likeness (QED) is 0.710. The van der Waals surface area contributed by atoms with E-state index in [4.69, 9.17) is 9.84 Å². The molecule has 0 aliphatic carbocycles. The van der Waals surface area contributed by atoms with Gasteiger partial charge in [-0.25, -0.2) is 4.79 Å². The predicted molar refractivity (Wildman–Crippen MR) is 109 cm³/mol. The van der Waals surface area contributed by atoms with Crippen LogP contribution in [0.2, 0.25) is 0 Å². The van der Waals surface area contributed by atoms with Crippen LogP contribution < -0.4 is 5.32 Å². The monoisotopic (exact) mass is 391 g/mol. The summed E-state index contributed by atoms with van der Waals surface area (Å²) in [5, 5.41) is 12.1. The normalized spacial score (nSPS) is 18.8. The molecule has 0 radical (unpaired) electrons. The molecule has 2 N–H and O–H groups in total. The first-order valence-electron chi connectivity index (χ1n) is 9.87. The molecule has 0 saturated carbocycles. The van der Waals surface area contributed by atoms with Gasteiger partial charge in [0.05, 0.1) is 19.3 Å². The van der Waals surface area contributed by atoms with Crippen molar-refractivity contribution in [2.45, 2.75) is 44.8 Å². The second kappa shape index (κ2) is 9.89. The fraction of sp³-hybridized carbons (Fsp3) is 0.619. The van der Waals surface area contributed by atoms with E-state index in [9.17, 15) is 9.59 Å². The van der Waals surface area contributed by atoms with Crippen LogP contribution >= 0.6 is 0 Å². The number of hydrogen-bond donors (Lipinski definition) is 2. The number of nitrogens with one attached hydrogen (secondary N) is 1. The number of urea groups is 1. The van der Waals surface area contributed by atoms with E-state index in [0.29, 0.717) is 26.2 Å². The van der Waals surface area contributed by atoms with Crippen LogP contribution in [-0.2, 0) is 14.9 Å². The molecule has 0 spiro atoms. The lowest BCUT2D eigenvalue weighted by atomic mass is 9.76. The number of carboxylic acid groups (broad SMARTS) is 1. The molecule has 2 amide bonds. The van der Waals surface area contributed by atoms with Gasteiger partial charge in [-0.15, -0.1) is 0 Å². The smallest absolute Gasteiger partial charge is 0.317 e. The van der Waals surface area contributed by atoms with E-state index in [-0.39, 0.29) is 30.1 Å². The standard InChI is InChI=1S/C21H33N3O4/c1-5-18(21(2,3)16-9-7-6-8-10-16)22-20(27)24-11-12-28-17(14-24)13-23(4)15-19(25)26/h6-10,17-18H,5,11-15H2,1-4H3,(H,22,27)(H,25,26). The van der Waals surface area contributed by atoms with Crippen LogP contribution in [0.1, 0.15) is 32.8 Å². The summed E-state index contributed by atoms with van der Waals surface area (Å²) in [5.74, 6) is -0.873. The molecule has 1 aromatic rings. The van der Waals surface area contributed by atoms with Crippen molar-refractivity contribution >= 4 is 12.0 Å². The van der Waals surface area contributed by atoms with Gasteiger partial charge in [-0.05, 0) is 19.0 Å². The number of rotatable bonds is 8. The zero-order valence-electron chi connectivity index (χ0n) is 17.4. The summed E-state index contributed by atoms with van der Waals surface area (Å²) in [6, 6.07) is 10.1. The molecule has 1 aromatic carbocycles. The van der Waals surface area contributed by atoms with E-state index in [0.717, 1.165) is 6.42 Å². The molecule has 7 nitrogen and oxygen atoms in total. The summed E-state index contributed by atoms with van der Waals surface area (Å²) in [4.78, 5) is 27.2. The van der Waals surface area contributed by atoms with Crippen molar-refractivity contribution in [3.05, 3.63) is 35.9 Å². The number of nitrogens with zero attached hydrogens (tertiary/aromatic N) is 2. The first-order valence-corrected chi connectivity index (χ1v) is 9.87. The van der Waals surface area contributed by atoms with E-state index in [2.05, 4.69) is 38.2 Å². The summed E-state index contributed by atoms with van der Waals surface area (Å²) < 4.78 is 5.72. The highest BCUT2D eigenvalue weighted by Gasteiger charge is 2.33. The molecular formula is C21H33N3O4. The molecule has 1 fully saturated rings. The number of amides is 2. The van der Waals surface area contributed by atoms with Gasteiger partial charge >= 0.3 is 12.0 Å². The maximum Gasteiger partial charge on any atom is 0.317 e. The van der Waals surface area contributed by atoms with Crippen LogP contribution in [0.25, 0.3) is 0 Å². The van der Waals surface area contributed by atoms with E-state index >= 15 is 0 Å². The maximum absolute atomic E-state index is 12.9. The molecule has 1 aliphatic heterocycles. The Morgan fingerprint density at radius 2 is 2.04 bits per heavy atom. The van der Waals surface area contributed by atoms with E-state index in [1.165, 1.54) is 5.56 Å². The number of morpholine rings is 1. The van der Waals surface area contributed by atoms with E-state index in [1.54, 1.807) is 16.8 Å². The third-order valence-corrected chi connectivity index (χ3v) is 5.44. The van der Waals surface area contributed by atoms with E-state index < -0.39 is 5.97 Å². The number of carboxylic acids is 1. The van der Waals surface area contributed by atoms with Crippen LogP contribution in [0.5, 0.6) is 0 Å². The van der Waals surface area contributed by atoms with Gasteiger partial charge in [-0.1, -0.05) is 51.1 Å². The highest BCUT2D eigenvalue weighted by Crippen LogP contribution is 2.29. The van der Waals surface area contributed by atoms with Gasteiger partial charge in [-0.3, -0.25) is 9.69 Å². The SMILES string of the molecule is CCC(NC(=O)N1CCOC(CN(C)CC(=O)O)C1)C(C)(C)c1ccccc1. The molecular weight excluding hydrogens is 358 g/mol. The molecule has 2 atom stereocenters. The van der Waals surface area contributed by atoms with Crippen molar-refractivity contribution < 1.29 is 19.4 Å². The van der Waals surface area contributed by atoms with Crippen molar-refractivity contribution in [3.63, 3.8) is 0 Å². The fourth-order valence-electron chi connectivity index (χ4n) is 3.76.